The number of nitrogens with one attached hydrogen (secondary N) is 2. The maximum atomic E-state index is 12.8. The Balaban J connectivity index is 1.95. The highest BCUT2D eigenvalue weighted by Crippen LogP contribution is 2.24. The summed E-state index contributed by atoms with van der Waals surface area (Å²) in [6, 6.07) is 12.7. The van der Waals surface area contributed by atoms with Crippen molar-refractivity contribution in [2.24, 2.45) is 0 Å². The van der Waals surface area contributed by atoms with Crippen LogP contribution in [0.2, 0.25) is 0 Å². The van der Waals surface area contributed by atoms with Crippen LogP contribution in [0.4, 0.5) is 5.69 Å². The molecule has 32 heavy (non-hydrogen) atoms. The van der Waals surface area contributed by atoms with E-state index in [1.807, 2.05) is 30.3 Å². The van der Waals surface area contributed by atoms with Crippen molar-refractivity contribution in [3.05, 3.63) is 58.1 Å². The molecule has 0 aromatic heterocycles. The first-order valence-corrected chi connectivity index (χ1v) is 11.8. The normalized spacial score (nSPS) is 10.4. The zero-order valence-electron chi connectivity index (χ0n) is 18.7. The average molecular weight is 520 g/mol. The van der Waals surface area contributed by atoms with Gasteiger partial charge in [-0.1, -0.05) is 54.2 Å². The number of rotatable bonds is 10. The molecular formula is C24H30BrN3O3S. The van der Waals surface area contributed by atoms with Crippen LogP contribution >= 0.6 is 28.1 Å². The molecule has 2 amide bonds. The summed E-state index contributed by atoms with van der Waals surface area (Å²) < 4.78 is 6.63. The van der Waals surface area contributed by atoms with Crippen molar-refractivity contribution in [1.29, 1.82) is 0 Å². The molecule has 0 aliphatic heterocycles. The molecule has 2 rings (SSSR count). The van der Waals surface area contributed by atoms with Gasteiger partial charge in [0.15, 0.2) is 5.11 Å². The van der Waals surface area contributed by atoms with Crippen LogP contribution in [0.1, 0.15) is 48.5 Å². The van der Waals surface area contributed by atoms with E-state index in [0.717, 1.165) is 35.0 Å². The van der Waals surface area contributed by atoms with Gasteiger partial charge >= 0.3 is 0 Å². The number of benzene rings is 2. The van der Waals surface area contributed by atoms with E-state index < -0.39 is 0 Å². The van der Waals surface area contributed by atoms with Gasteiger partial charge in [-0.3, -0.25) is 14.9 Å². The topological polar surface area (TPSA) is 70.7 Å². The van der Waals surface area contributed by atoms with Crippen LogP contribution in [0.25, 0.3) is 0 Å². The van der Waals surface area contributed by atoms with Crippen LogP contribution < -0.4 is 15.4 Å². The Kier molecular flexibility index (Phi) is 10.6. The third-order valence-electron chi connectivity index (χ3n) is 4.73. The number of carbonyl (C=O) groups excluding carboxylic acids is 2. The highest BCUT2D eigenvalue weighted by molar-refractivity contribution is 9.10. The van der Waals surface area contributed by atoms with Crippen LogP contribution in [0.5, 0.6) is 5.75 Å². The quantitative estimate of drug-likeness (QED) is 0.334. The lowest BCUT2D eigenvalue weighted by Gasteiger charge is -2.14. The number of halogens is 1. The van der Waals surface area contributed by atoms with Crippen molar-refractivity contribution in [2.75, 3.05) is 26.0 Å². The van der Waals surface area contributed by atoms with Gasteiger partial charge in [0.2, 0.25) is 5.91 Å². The van der Waals surface area contributed by atoms with Gasteiger partial charge in [-0.05, 0) is 54.5 Å². The highest BCUT2D eigenvalue weighted by atomic mass is 79.9. The van der Waals surface area contributed by atoms with Crippen molar-refractivity contribution in [1.82, 2.24) is 10.2 Å². The number of anilines is 1. The molecule has 0 radical (unpaired) electrons. The third-order valence-corrected chi connectivity index (χ3v) is 5.43. The van der Waals surface area contributed by atoms with Crippen molar-refractivity contribution in [3.63, 3.8) is 0 Å². The summed E-state index contributed by atoms with van der Waals surface area (Å²) in [6.45, 7) is 2.72. The Bertz CT molecular complexity index is 933. The van der Waals surface area contributed by atoms with Gasteiger partial charge in [-0.25, -0.2) is 0 Å². The summed E-state index contributed by atoms with van der Waals surface area (Å²) in [6.07, 6.45) is 4.71. The minimum atomic E-state index is -0.347. The number of amides is 2. The lowest BCUT2D eigenvalue weighted by atomic mass is 10.1. The largest absolute Gasteiger partial charge is 0.493 e. The number of hydrogen-bond donors (Lipinski definition) is 2. The van der Waals surface area contributed by atoms with Crippen LogP contribution in [-0.4, -0.2) is 42.5 Å². The standard InChI is InChI=1S/C24H30BrN3O3S/c1-4-5-6-7-14-31-21-13-10-18(25)16-20(21)23(30)27-24(32)26-19-11-8-17(9-12-19)15-22(29)28(2)3/h8-13,16H,4-7,14-15H2,1-3H3,(H2,26,27,30,32). The molecule has 0 aliphatic rings. The fourth-order valence-electron chi connectivity index (χ4n) is 2.89. The predicted octanol–water partition coefficient (Wildman–Crippen LogP) is 5.17. The van der Waals surface area contributed by atoms with Crippen LogP contribution in [0, 0.1) is 0 Å². The Labute approximate surface area is 203 Å². The van der Waals surface area contributed by atoms with E-state index in [0.29, 0.717) is 24.3 Å². The molecule has 2 N–H and O–H groups in total. The monoisotopic (exact) mass is 519 g/mol. The molecule has 0 bridgehead atoms. The predicted molar refractivity (Wildman–Crippen MR) is 136 cm³/mol. The first-order valence-electron chi connectivity index (χ1n) is 10.6. The van der Waals surface area contributed by atoms with E-state index in [9.17, 15) is 9.59 Å². The molecule has 0 fully saturated rings. The number of hydrogen-bond acceptors (Lipinski definition) is 4. The summed E-state index contributed by atoms with van der Waals surface area (Å²) in [7, 11) is 3.46. The Morgan fingerprint density at radius 3 is 2.44 bits per heavy atom. The molecule has 0 saturated heterocycles. The van der Waals surface area contributed by atoms with Gasteiger partial charge in [-0.15, -0.1) is 0 Å². The maximum absolute atomic E-state index is 12.8. The van der Waals surface area contributed by atoms with Gasteiger partial charge in [0.1, 0.15) is 5.75 Å². The van der Waals surface area contributed by atoms with Crippen molar-refractivity contribution in [2.45, 2.75) is 39.0 Å². The zero-order chi connectivity index (χ0) is 23.5. The number of carbonyl (C=O) groups is 2. The second-order valence-electron chi connectivity index (χ2n) is 7.62. The fourth-order valence-corrected chi connectivity index (χ4v) is 3.46. The Morgan fingerprint density at radius 1 is 1.06 bits per heavy atom. The minimum Gasteiger partial charge on any atom is -0.493 e. The maximum Gasteiger partial charge on any atom is 0.261 e. The lowest BCUT2D eigenvalue weighted by Crippen LogP contribution is -2.34. The molecule has 0 spiro atoms. The van der Waals surface area contributed by atoms with E-state index in [1.54, 1.807) is 31.1 Å². The molecule has 2 aromatic carbocycles. The van der Waals surface area contributed by atoms with Gasteiger partial charge in [-0.2, -0.15) is 0 Å². The number of ether oxygens (including phenoxy) is 1. The second kappa shape index (κ2) is 13.2. The van der Waals surface area contributed by atoms with E-state index in [1.165, 1.54) is 6.42 Å². The summed E-state index contributed by atoms with van der Waals surface area (Å²) >= 11 is 8.71. The first-order chi connectivity index (χ1) is 15.3. The molecular weight excluding hydrogens is 490 g/mol. The fraction of sp³-hybridized carbons (Fsp3) is 0.375. The van der Waals surface area contributed by atoms with E-state index in [2.05, 4.69) is 33.5 Å². The second-order valence-corrected chi connectivity index (χ2v) is 8.94. The van der Waals surface area contributed by atoms with Crippen molar-refractivity contribution in [3.8, 4) is 5.75 Å². The molecule has 0 atom stereocenters. The number of nitrogens with zero attached hydrogens (tertiary/aromatic N) is 1. The highest BCUT2D eigenvalue weighted by Gasteiger charge is 2.15. The van der Waals surface area contributed by atoms with E-state index in [4.69, 9.17) is 17.0 Å². The molecule has 2 aromatic rings. The van der Waals surface area contributed by atoms with E-state index in [-0.39, 0.29) is 16.9 Å². The minimum absolute atomic E-state index is 0.0332. The first kappa shape index (κ1) is 25.8. The molecule has 6 nitrogen and oxygen atoms in total. The van der Waals surface area contributed by atoms with Crippen LogP contribution in [0.3, 0.4) is 0 Å². The zero-order valence-corrected chi connectivity index (χ0v) is 21.1. The SMILES string of the molecule is CCCCCCOc1ccc(Br)cc1C(=O)NC(=S)Nc1ccc(CC(=O)N(C)C)cc1. The average Bonchev–Trinajstić information content (AvgIpc) is 2.75. The molecule has 172 valence electrons. The summed E-state index contributed by atoms with van der Waals surface area (Å²) in [5, 5.41) is 5.88. The van der Waals surface area contributed by atoms with Gasteiger partial charge in [0, 0.05) is 24.3 Å². The Morgan fingerprint density at radius 2 is 1.78 bits per heavy atom. The van der Waals surface area contributed by atoms with Gasteiger partial charge in [0.25, 0.3) is 5.91 Å². The van der Waals surface area contributed by atoms with Gasteiger partial charge < -0.3 is 15.0 Å². The van der Waals surface area contributed by atoms with Gasteiger partial charge in [0.05, 0.1) is 18.6 Å². The number of unbranched alkanes of at least 4 members (excludes halogenated alkanes) is 3. The molecule has 8 heteroatoms. The third kappa shape index (κ3) is 8.59. The lowest BCUT2D eigenvalue weighted by molar-refractivity contribution is -0.127. The van der Waals surface area contributed by atoms with Crippen molar-refractivity contribution < 1.29 is 14.3 Å². The van der Waals surface area contributed by atoms with Crippen LogP contribution in [0.15, 0.2) is 46.9 Å². The molecule has 0 saturated carbocycles. The van der Waals surface area contributed by atoms with Crippen LogP contribution in [-0.2, 0) is 11.2 Å². The number of thiocarbonyl (C=S) groups is 1. The molecule has 0 heterocycles. The summed E-state index contributed by atoms with van der Waals surface area (Å²) in [5.41, 5.74) is 2.04. The smallest absolute Gasteiger partial charge is 0.261 e. The molecule has 0 aliphatic carbocycles. The number of likely N-dealkylation sites (N-methyl/N-ethyl adjacent to an activating group) is 1. The van der Waals surface area contributed by atoms with Crippen molar-refractivity contribution >= 4 is 50.8 Å². The molecule has 0 unspecified atom stereocenters. The summed E-state index contributed by atoms with van der Waals surface area (Å²) in [4.78, 5) is 26.2. The summed E-state index contributed by atoms with van der Waals surface area (Å²) in [5.74, 6) is 0.214. The van der Waals surface area contributed by atoms with E-state index >= 15 is 0 Å². The Hall–Kier alpha value is -2.45.